The quantitative estimate of drug-likeness (QED) is 0.332. The summed E-state index contributed by atoms with van der Waals surface area (Å²) >= 11 is 0. The molecule has 0 aromatic rings. The van der Waals surface area contributed by atoms with Crippen LogP contribution in [0.1, 0.15) is 27.2 Å². The average molecular weight is 341 g/mol. The Morgan fingerprint density at radius 3 is 2.27 bits per heavy atom. The second-order valence-corrected chi connectivity index (χ2v) is 7.29. The standard InChI is InChI=1S/C11H20NO9P/c1-11(2,3)4-9(15)19-7-20-10(16)12-6-22(17,18)21-5-8(13)14/h4-7H2,1-3H3,(H,12,16)(H,13,14)(H,17,18). The zero-order chi connectivity index (χ0) is 17.4. The molecule has 128 valence electrons. The maximum Gasteiger partial charge on any atom is 0.410 e. The van der Waals surface area contributed by atoms with Crippen molar-refractivity contribution in [2.24, 2.45) is 5.41 Å². The van der Waals surface area contributed by atoms with Gasteiger partial charge >= 0.3 is 25.6 Å². The van der Waals surface area contributed by atoms with Crippen molar-refractivity contribution in [3.05, 3.63) is 0 Å². The first kappa shape index (κ1) is 20.4. The lowest BCUT2D eigenvalue weighted by Gasteiger charge is -2.16. The third-order valence-electron chi connectivity index (χ3n) is 1.90. The molecule has 0 aliphatic heterocycles. The highest BCUT2D eigenvalue weighted by Gasteiger charge is 2.22. The summed E-state index contributed by atoms with van der Waals surface area (Å²) < 4.78 is 24.6. The van der Waals surface area contributed by atoms with E-state index in [1.807, 2.05) is 26.1 Å². The minimum absolute atomic E-state index is 0.132. The normalized spacial score (nSPS) is 13.8. The molecule has 22 heavy (non-hydrogen) atoms. The van der Waals surface area contributed by atoms with Gasteiger partial charge in [0.2, 0.25) is 6.79 Å². The molecule has 0 aliphatic rings. The third-order valence-corrected chi connectivity index (χ3v) is 2.99. The molecule has 0 aromatic carbocycles. The summed E-state index contributed by atoms with van der Waals surface area (Å²) in [6.45, 7) is 3.87. The molecule has 3 N–H and O–H groups in total. The number of carboxylic acid groups (broad SMARTS) is 1. The van der Waals surface area contributed by atoms with Gasteiger partial charge in [-0.1, -0.05) is 20.8 Å². The fourth-order valence-corrected chi connectivity index (χ4v) is 1.78. The van der Waals surface area contributed by atoms with E-state index in [4.69, 9.17) is 10.00 Å². The van der Waals surface area contributed by atoms with Gasteiger partial charge in [-0.05, 0) is 5.41 Å². The monoisotopic (exact) mass is 341 g/mol. The maximum absolute atomic E-state index is 11.3. The Morgan fingerprint density at radius 2 is 1.77 bits per heavy atom. The number of hydrogen-bond donors (Lipinski definition) is 3. The molecule has 0 heterocycles. The summed E-state index contributed by atoms with van der Waals surface area (Å²) in [4.78, 5) is 41.8. The SMILES string of the molecule is CC(C)(C)CC(=O)OCOC(=O)NCP(=O)(O)OCC(=O)O. The molecule has 0 saturated heterocycles. The molecule has 10 nitrogen and oxygen atoms in total. The topological polar surface area (TPSA) is 148 Å². The number of carboxylic acids is 1. The Balaban J connectivity index is 3.93. The molecule has 1 amide bonds. The average Bonchev–Trinajstić information content (AvgIpc) is 2.32. The van der Waals surface area contributed by atoms with Gasteiger partial charge in [0, 0.05) is 0 Å². The van der Waals surface area contributed by atoms with Gasteiger partial charge < -0.3 is 24.8 Å². The fraction of sp³-hybridized carbons (Fsp3) is 0.727. The van der Waals surface area contributed by atoms with Crippen LogP contribution in [0.2, 0.25) is 0 Å². The van der Waals surface area contributed by atoms with E-state index in [0.29, 0.717) is 0 Å². The number of amides is 1. The smallest absolute Gasteiger partial charge is 0.410 e. The lowest BCUT2D eigenvalue weighted by atomic mass is 9.93. The number of aliphatic carboxylic acids is 1. The van der Waals surface area contributed by atoms with Gasteiger partial charge in [-0.3, -0.25) is 13.9 Å². The van der Waals surface area contributed by atoms with Crippen LogP contribution in [0, 0.1) is 5.41 Å². The Morgan fingerprint density at radius 1 is 1.18 bits per heavy atom. The molecular formula is C11H20NO9P. The Bertz CT molecular complexity index is 457. The van der Waals surface area contributed by atoms with Crippen molar-refractivity contribution in [3.63, 3.8) is 0 Å². The molecule has 0 bridgehead atoms. The van der Waals surface area contributed by atoms with Crippen molar-refractivity contribution in [3.8, 4) is 0 Å². The van der Waals surface area contributed by atoms with Crippen molar-refractivity contribution >= 4 is 25.6 Å². The van der Waals surface area contributed by atoms with E-state index in [0.717, 1.165) is 0 Å². The molecule has 11 heteroatoms. The van der Waals surface area contributed by atoms with Crippen LogP contribution in [0.3, 0.4) is 0 Å². The molecule has 1 atom stereocenters. The van der Waals surface area contributed by atoms with Crippen LogP contribution >= 0.6 is 7.60 Å². The van der Waals surface area contributed by atoms with Crippen molar-refractivity contribution in [1.82, 2.24) is 5.32 Å². The molecule has 1 unspecified atom stereocenters. The van der Waals surface area contributed by atoms with Gasteiger partial charge in [0.05, 0.1) is 6.42 Å². The Kier molecular flexibility index (Phi) is 8.07. The summed E-state index contributed by atoms with van der Waals surface area (Å²) in [5.74, 6) is -1.99. The van der Waals surface area contributed by atoms with Crippen LogP contribution < -0.4 is 5.32 Å². The van der Waals surface area contributed by atoms with E-state index in [-0.39, 0.29) is 11.8 Å². The summed E-state index contributed by atoms with van der Waals surface area (Å²) in [5, 5.41) is 10.2. The highest BCUT2D eigenvalue weighted by atomic mass is 31.2. The number of carbonyl (C=O) groups excluding carboxylic acids is 2. The van der Waals surface area contributed by atoms with E-state index in [9.17, 15) is 18.9 Å². The van der Waals surface area contributed by atoms with E-state index in [1.54, 1.807) is 0 Å². The molecule has 0 aromatic heterocycles. The molecule has 0 spiro atoms. The van der Waals surface area contributed by atoms with Crippen LogP contribution in [-0.2, 0) is 28.2 Å². The van der Waals surface area contributed by atoms with E-state index in [2.05, 4.69) is 14.0 Å². The largest absolute Gasteiger partial charge is 0.480 e. The molecule has 0 saturated carbocycles. The molecular weight excluding hydrogens is 321 g/mol. The summed E-state index contributed by atoms with van der Waals surface area (Å²) in [6.07, 6.45) is -1.82. The molecule has 0 aliphatic carbocycles. The zero-order valence-corrected chi connectivity index (χ0v) is 13.4. The van der Waals surface area contributed by atoms with Crippen LogP contribution in [0.5, 0.6) is 0 Å². The first-order valence-corrected chi connectivity index (χ1v) is 7.92. The van der Waals surface area contributed by atoms with Crippen LogP contribution in [0.15, 0.2) is 0 Å². The fourth-order valence-electron chi connectivity index (χ4n) is 1.05. The lowest BCUT2D eigenvalue weighted by molar-refractivity contribution is -0.153. The maximum atomic E-state index is 11.3. The Hall–Kier alpha value is -1.64. The Labute approximate surface area is 127 Å². The predicted molar refractivity (Wildman–Crippen MR) is 72.9 cm³/mol. The number of nitrogens with one attached hydrogen (secondary N) is 1. The van der Waals surface area contributed by atoms with Crippen molar-refractivity contribution in [2.45, 2.75) is 27.2 Å². The molecule has 0 fully saturated rings. The number of esters is 1. The van der Waals surface area contributed by atoms with Gasteiger partial charge in [0.25, 0.3) is 0 Å². The van der Waals surface area contributed by atoms with Crippen LogP contribution in [0.25, 0.3) is 0 Å². The predicted octanol–water partition coefficient (Wildman–Crippen LogP) is 0.894. The van der Waals surface area contributed by atoms with E-state index in [1.165, 1.54) is 0 Å². The van der Waals surface area contributed by atoms with Crippen molar-refractivity contribution < 1.29 is 42.9 Å². The number of alkyl carbamates (subject to hydrolysis) is 1. The summed E-state index contributed by atoms with van der Waals surface area (Å²) in [7, 11) is -4.28. The number of hydrogen-bond acceptors (Lipinski definition) is 7. The highest BCUT2D eigenvalue weighted by Crippen LogP contribution is 2.39. The van der Waals surface area contributed by atoms with Gasteiger partial charge in [-0.15, -0.1) is 0 Å². The van der Waals surface area contributed by atoms with Crippen LogP contribution in [0.4, 0.5) is 4.79 Å². The van der Waals surface area contributed by atoms with Gasteiger partial charge in [-0.2, -0.15) is 0 Å². The summed E-state index contributed by atoms with van der Waals surface area (Å²) in [5.41, 5.74) is -0.273. The highest BCUT2D eigenvalue weighted by molar-refractivity contribution is 7.52. The summed E-state index contributed by atoms with van der Waals surface area (Å²) in [6, 6.07) is 0. The van der Waals surface area contributed by atoms with Gasteiger partial charge in [-0.25, -0.2) is 9.59 Å². The third kappa shape index (κ3) is 12.1. The zero-order valence-electron chi connectivity index (χ0n) is 12.5. The number of rotatable bonds is 8. The van der Waals surface area contributed by atoms with Gasteiger partial charge in [0.15, 0.2) is 6.61 Å². The minimum Gasteiger partial charge on any atom is -0.480 e. The van der Waals surface area contributed by atoms with E-state index < -0.39 is 45.3 Å². The molecule has 0 rings (SSSR count). The first-order valence-electron chi connectivity index (χ1n) is 6.16. The van der Waals surface area contributed by atoms with Gasteiger partial charge in [0.1, 0.15) is 6.29 Å². The second kappa shape index (κ2) is 8.72. The number of ether oxygens (including phenoxy) is 2. The minimum atomic E-state index is -4.28. The van der Waals surface area contributed by atoms with Crippen LogP contribution in [-0.4, -0.2) is 47.7 Å². The first-order chi connectivity index (χ1) is 9.91. The van der Waals surface area contributed by atoms with Crippen molar-refractivity contribution in [1.29, 1.82) is 0 Å². The number of carbonyl (C=O) groups is 3. The van der Waals surface area contributed by atoms with Crippen molar-refractivity contribution in [2.75, 3.05) is 19.7 Å². The van der Waals surface area contributed by atoms with E-state index >= 15 is 0 Å². The molecule has 0 radical (unpaired) electrons. The second-order valence-electron chi connectivity index (χ2n) is 5.44. The lowest BCUT2D eigenvalue weighted by Crippen LogP contribution is -2.28.